The van der Waals surface area contributed by atoms with Gasteiger partial charge in [-0.3, -0.25) is 10.1 Å². The van der Waals surface area contributed by atoms with Crippen molar-refractivity contribution in [3.05, 3.63) is 52.1 Å². The van der Waals surface area contributed by atoms with Crippen LogP contribution in [0.15, 0.2) is 35.1 Å². The van der Waals surface area contributed by atoms with Crippen molar-refractivity contribution in [1.29, 1.82) is 0 Å². The van der Waals surface area contributed by atoms with Gasteiger partial charge in [0.25, 0.3) is 0 Å². The smallest absolute Gasteiger partial charge is 0.354 e. The highest BCUT2D eigenvalue weighted by Crippen LogP contribution is 2.26. The van der Waals surface area contributed by atoms with E-state index in [9.17, 15) is 14.9 Å². The highest BCUT2D eigenvalue weighted by Gasteiger charge is 2.21. The largest absolute Gasteiger partial charge is 0.477 e. The summed E-state index contributed by atoms with van der Waals surface area (Å²) in [6.07, 6.45) is 2.99. The summed E-state index contributed by atoms with van der Waals surface area (Å²) >= 11 is 0. The van der Waals surface area contributed by atoms with E-state index in [1.165, 1.54) is 17.4 Å². The normalized spacial score (nSPS) is 10.2. The van der Waals surface area contributed by atoms with Gasteiger partial charge in [0.05, 0.1) is 17.4 Å². The summed E-state index contributed by atoms with van der Waals surface area (Å²) in [6.45, 7) is 0.313. The number of pyridine rings is 1. The van der Waals surface area contributed by atoms with Gasteiger partial charge >= 0.3 is 11.7 Å². The predicted molar refractivity (Wildman–Crippen MR) is 68.7 cm³/mol. The third kappa shape index (κ3) is 2.74. The zero-order chi connectivity index (χ0) is 14.7. The Morgan fingerprint density at radius 2 is 2.25 bits per heavy atom. The van der Waals surface area contributed by atoms with Crippen molar-refractivity contribution in [2.24, 2.45) is 0 Å². The second-order valence-corrected chi connectivity index (χ2v) is 4.09. The summed E-state index contributed by atoms with van der Waals surface area (Å²) < 4.78 is 4.92. The lowest BCUT2D eigenvalue weighted by atomic mass is 10.2. The molecule has 0 fully saturated rings. The van der Waals surface area contributed by atoms with Gasteiger partial charge < -0.3 is 14.4 Å². The van der Waals surface area contributed by atoms with Gasteiger partial charge in [-0.2, -0.15) is 0 Å². The number of furan rings is 1. The van der Waals surface area contributed by atoms with Crippen molar-refractivity contribution < 1.29 is 19.2 Å². The fraction of sp³-hybridized carbons (Fsp3) is 0.167. The van der Waals surface area contributed by atoms with E-state index in [4.69, 9.17) is 9.52 Å². The minimum absolute atomic E-state index is 0.00361. The number of hydrogen-bond donors (Lipinski definition) is 1. The monoisotopic (exact) mass is 277 g/mol. The average Bonchev–Trinajstić information content (AvgIpc) is 2.90. The Balaban J connectivity index is 2.38. The van der Waals surface area contributed by atoms with Crippen LogP contribution < -0.4 is 4.90 Å². The molecule has 2 heterocycles. The summed E-state index contributed by atoms with van der Waals surface area (Å²) in [5.74, 6) is -1.24. The molecule has 8 nitrogen and oxygen atoms in total. The van der Waals surface area contributed by atoms with Crippen molar-refractivity contribution in [3.63, 3.8) is 0 Å². The molecular formula is C12H11N3O5. The predicted octanol–water partition coefficient (Wildman–Crippen LogP) is 1.92. The van der Waals surface area contributed by atoms with Crippen LogP contribution in [0.3, 0.4) is 0 Å². The Labute approximate surface area is 113 Å². The van der Waals surface area contributed by atoms with E-state index in [1.54, 1.807) is 13.1 Å². The van der Waals surface area contributed by atoms with E-state index in [0.29, 0.717) is 6.54 Å². The van der Waals surface area contributed by atoms with Crippen LogP contribution in [0.4, 0.5) is 11.5 Å². The molecule has 104 valence electrons. The van der Waals surface area contributed by atoms with Crippen molar-refractivity contribution in [2.75, 3.05) is 11.9 Å². The van der Waals surface area contributed by atoms with Crippen LogP contribution in [0.2, 0.25) is 0 Å². The van der Waals surface area contributed by atoms with E-state index in [1.807, 2.05) is 0 Å². The molecule has 0 saturated carbocycles. The third-order valence-electron chi connectivity index (χ3n) is 2.63. The lowest BCUT2D eigenvalue weighted by molar-refractivity contribution is -0.384. The molecule has 8 heteroatoms. The molecule has 2 rings (SSSR count). The Morgan fingerprint density at radius 3 is 2.80 bits per heavy atom. The third-order valence-corrected chi connectivity index (χ3v) is 2.63. The molecule has 0 amide bonds. The van der Waals surface area contributed by atoms with Gasteiger partial charge in [-0.25, -0.2) is 9.78 Å². The van der Waals surface area contributed by atoms with E-state index >= 15 is 0 Å². The number of rotatable bonds is 5. The van der Waals surface area contributed by atoms with Gasteiger partial charge in [-0.1, -0.05) is 0 Å². The van der Waals surface area contributed by atoms with Crippen LogP contribution >= 0.6 is 0 Å². The first kappa shape index (κ1) is 13.5. The molecule has 0 aliphatic heterocycles. The van der Waals surface area contributed by atoms with Crippen LogP contribution in [-0.2, 0) is 6.54 Å². The number of carboxylic acid groups (broad SMARTS) is 1. The minimum Gasteiger partial charge on any atom is -0.477 e. The number of anilines is 1. The van der Waals surface area contributed by atoms with Crippen LogP contribution in [0.25, 0.3) is 0 Å². The summed E-state index contributed by atoms with van der Waals surface area (Å²) in [6, 6.07) is 3.96. The van der Waals surface area contributed by atoms with Gasteiger partial charge in [0.15, 0.2) is 5.69 Å². The molecule has 1 N–H and O–H groups in total. The molecule has 2 aromatic rings. The molecule has 0 atom stereocenters. The number of aromatic carboxylic acids is 1. The number of hydrogen-bond acceptors (Lipinski definition) is 6. The van der Waals surface area contributed by atoms with Crippen molar-refractivity contribution in [2.45, 2.75) is 6.54 Å². The zero-order valence-electron chi connectivity index (χ0n) is 10.5. The van der Waals surface area contributed by atoms with Crippen LogP contribution in [0, 0.1) is 10.1 Å². The van der Waals surface area contributed by atoms with Crippen molar-refractivity contribution in [1.82, 2.24) is 4.98 Å². The van der Waals surface area contributed by atoms with Crippen molar-refractivity contribution in [3.8, 4) is 0 Å². The molecule has 0 aliphatic carbocycles. The maximum absolute atomic E-state index is 11.0. The summed E-state index contributed by atoms with van der Waals surface area (Å²) in [5, 5.41) is 19.9. The molecule has 0 radical (unpaired) electrons. The highest BCUT2D eigenvalue weighted by atomic mass is 16.6. The molecule has 0 aromatic carbocycles. The summed E-state index contributed by atoms with van der Waals surface area (Å²) in [5.41, 5.74) is 0.301. The van der Waals surface area contributed by atoms with E-state index in [-0.39, 0.29) is 17.2 Å². The molecule has 2 aromatic heterocycles. The van der Waals surface area contributed by atoms with Crippen LogP contribution in [0.5, 0.6) is 0 Å². The summed E-state index contributed by atoms with van der Waals surface area (Å²) in [7, 11) is 1.59. The first-order valence-corrected chi connectivity index (χ1v) is 5.60. The van der Waals surface area contributed by atoms with Gasteiger partial charge in [0.2, 0.25) is 5.82 Å². The number of carbonyl (C=O) groups is 1. The SMILES string of the molecule is CN(Cc1ccoc1)c1nc(C(=O)O)ccc1[N+](=O)[O-]. The van der Waals surface area contributed by atoms with E-state index < -0.39 is 10.9 Å². The maximum Gasteiger partial charge on any atom is 0.354 e. The molecule has 20 heavy (non-hydrogen) atoms. The second kappa shape index (κ2) is 5.39. The standard InChI is InChI=1S/C12H11N3O5/c1-14(6-8-4-5-20-7-8)11-10(15(18)19)3-2-9(13-11)12(16)17/h2-5,7H,6H2,1H3,(H,16,17). The Morgan fingerprint density at radius 1 is 1.50 bits per heavy atom. The first-order valence-electron chi connectivity index (χ1n) is 5.60. The van der Waals surface area contributed by atoms with Crippen molar-refractivity contribution >= 4 is 17.5 Å². The first-order chi connectivity index (χ1) is 9.49. The Hall–Kier alpha value is -2.90. The molecular weight excluding hydrogens is 266 g/mol. The van der Waals surface area contributed by atoms with Gasteiger partial charge in [0.1, 0.15) is 0 Å². The van der Waals surface area contributed by atoms with Crippen LogP contribution in [0.1, 0.15) is 16.1 Å². The zero-order valence-corrected chi connectivity index (χ0v) is 10.5. The van der Waals surface area contributed by atoms with Gasteiger partial charge in [-0.15, -0.1) is 0 Å². The number of nitrogens with zero attached hydrogens (tertiary/aromatic N) is 3. The number of carboxylic acids is 1. The van der Waals surface area contributed by atoms with Crippen LogP contribution in [-0.4, -0.2) is 28.0 Å². The Kier molecular flexibility index (Phi) is 3.65. The molecule has 0 bridgehead atoms. The fourth-order valence-electron chi connectivity index (χ4n) is 1.71. The molecule has 0 spiro atoms. The minimum atomic E-state index is -1.24. The lowest BCUT2D eigenvalue weighted by Crippen LogP contribution is -2.20. The molecule has 0 saturated heterocycles. The number of nitro groups is 1. The second-order valence-electron chi connectivity index (χ2n) is 4.09. The fourth-order valence-corrected chi connectivity index (χ4v) is 1.71. The maximum atomic E-state index is 11.0. The topological polar surface area (TPSA) is 110 Å². The quantitative estimate of drug-likeness (QED) is 0.656. The van der Waals surface area contributed by atoms with Gasteiger partial charge in [-0.05, 0) is 12.1 Å². The average molecular weight is 277 g/mol. The highest BCUT2D eigenvalue weighted by molar-refractivity contribution is 5.86. The van der Waals surface area contributed by atoms with E-state index in [0.717, 1.165) is 17.7 Å². The van der Waals surface area contributed by atoms with Gasteiger partial charge in [0, 0.05) is 25.2 Å². The lowest BCUT2D eigenvalue weighted by Gasteiger charge is -2.17. The molecule has 0 unspecified atom stereocenters. The number of aromatic nitrogens is 1. The Bertz CT molecular complexity index is 639. The molecule has 0 aliphatic rings. The summed E-state index contributed by atoms with van der Waals surface area (Å²) in [4.78, 5) is 26.6. The van der Waals surface area contributed by atoms with E-state index in [2.05, 4.69) is 4.98 Å².